The van der Waals surface area contributed by atoms with Crippen LogP contribution in [0.5, 0.6) is 0 Å². The number of nitrogens with one attached hydrogen (secondary N) is 1. The summed E-state index contributed by atoms with van der Waals surface area (Å²) in [6, 6.07) is 10.6. The Hall–Kier alpha value is -1.86. The molecule has 3 heterocycles. The first-order valence-corrected chi connectivity index (χ1v) is 10.7. The van der Waals surface area contributed by atoms with Crippen molar-refractivity contribution in [3.8, 4) is 0 Å². The first-order valence-electron chi connectivity index (χ1n) is 9.76. The molecule has 2 saturated heterocycles. The summed E-state index contributed by atoms with van der Waals surface area (Å²) in [5, 5.41) is 7.79. The average Bonchev–Trinajstić information content (AvgIpc) is 3.39. The molecule has 0 bridgehead atoms. The van der Waals surface area contributed by atoms with Crippen LogP contribution in [0.2, 0.25) is 0 Å². The Labute approximate surface area is 164 Å². The van der Waals surface area contributed by atoms with Crippen LogP contribution in [0, 0.1) is 5.92 Å². The van der Waals surface area contributed by atoms with Gasteiger partial charge in [0.2, 0.25) is 11.1 Å². The van der Waals surface area contributed by atoms with E-state index in [1.165, 1.54) is 17.3 Å². The van der Waals surface area contributed by atoms with E-state index in [2.05, 4.69) is 45.5 Å². The van der Waals surface area contributed by atoms with Crippen molar-refractivity contribution in [2.24, 2.45) is 5.92 Å². The third-order valence-corrected chi connectivity index (χ3v) is 6.21. The number of likely N-dealkylation sites (tertiary alicyclic amines) is 1. The summed E-state index contributed by atoms with van der Waals surface area (Å²) in [5.41, 5.74) is 1.39. The van der Waals surface area contributed by atoms with Gasteiger partial charge in [0.15, 0.2) is 5.82 Å². The topological polar surface area (TPSA) is 71.1 Å². The van der Waals surface area contributed by atoms with Crippen LogP contribution in [-0.4, -0.2) is 51.4 Å². The summed E-state index contributed by atoms with van der Waals surface area (Å²) in [6.07, 6.45) is 5.35. The second-order valence-corrected chi connectivity index (χ2v) is 8.25. The van der Waals surface area contributed by atoms with Crippen molar-refractivity contribution in [3.05, 3.63) is 41.7 Å². The molecule has 0 aliphatic carbocycles. The number of amides is 1. The van der Waals surface area contributed by atoms with Crippen molar-refractivity contribution in [3.63, 3.8) is 0 Å². The zero-order chi connectivity index (χ0) is 18.5. The Balaban J connectivity index is 1.20. The highest BCUT2D eigenvalue weighted by Gasteiger charge is 2.24. The average molecular weight is 387 g/mol. The number of hydrogen-bond donors (Lipinski definition) is 1. The number of piperidine rings is 1. The van der Waals surface area contributed by atoms with Crippen molar-refractivity contribution in [1.82, 2.24) is 20.1 Å². The Bertz CT molecular complexity index is 737. The van der Waals surface area contributed by atoms with Gasteiger partial charge in [-0.25, -0.2) is 4.98 Å². The largest absolute Gasteiger partial charge is 0.370 e. The molecule has 0 unspecified atom stereocenters. The van der Waals surface area contributed by atoms with E-state index in [0.29, 0.717) is 16.8 Å². The number of aromatic amines is 1. The molecule has 4 rings (SSSR count). The number of hydrogen-bond acceptors (Lipinski definition) is 5. The van der Waals surface area contributed by atoms with Crippen LogP contribution >= 0.6 is 11.8 Å². The number of rotatable bonds is 6. The quantitative estimate of drug-likeness (QED) is 0.772. The van der Waals surface area contributed by atoms with Crippen LogP contribution in [-0.2, 0) is 16.0 Å². The summed E-state index contributed by atoms with van der Waals surface area (Å²) < 4.78 is 5.61. The molecule has 1 aromatic carbocycles. The second kappa shape index (κ2) is 8.89. The van der Waals surface area contributed by atoms with Gasteiger partial charge in [-0.3, -0.25) is 9.89 Å². The van der Waals surface area contributed by atoms with E-state index in [1.54, 1.807) is 0 Å². The molecule has 2 aromatic rings. The SMILES string of the molecule is O=C(CSc1n[nH]c([C@H]2CCCO2)n1)N1CCC(Cc2ccccc2)CC1. The molecular weight excluding hydrogens is 360 g/mol. The Morgan fingerprint density at radius 1 is 1.22 bits per heavy atom. The number of aromatic nitrogens is 3. The molecule has 27 heavy (non-hydrogen) atoms. The van der Waals surface area contributed by atoms with Crippen LogP contribution < -0.4 is 0 Å². The minimum Gasteiger partial charge on any atom is -0.370 e. The number of nitrogens with zero attached hydrogens (tertiary/aromatic N) is 3. The summed E-state index contributed by atoms with van der Waals surface area (Å²) >= 11 is 1.40. The van der Waals surface area contributed by atoms with Crippen molar-refractivity contribution in [2.45, 2.75) is 43.4 Å². The lowest BCUT2D eigenvalue weighted by Gasteiger charge is -2.32. The van der Waals surface area contributed by atoms with Crippen molar-refractivity contribution in [2.75, 3.05) is 25.4 Å². The fraction of sp³-hybridized carbons (Fsp3) is 0.550. The third kappa shape index (κ3) is 4.90. The lowest BCUT2D eigenvalue weighted by Crippen LogP contribution is -2.39. The minimum absolute atomic E-state index is 0.0335. The smallest absolute Gasteiger partial charge is 0.233 e. The van der Waals surface area contributed by atoms with Gasteiger partial charge in [-0.05, 0) is 43.6 Å². The number of carbonyl (C=O) groups excluding carboxylic acids is 1. The maximum Gasteiger partial charge on any atom is 0.233 e. The van der Waals surface area contributed by atoms with Gasteiger partial charge in [-0.2, -0.15) is 0 Å². The molecule has 2 aliphatic heterocycles. The molecule has 2 aliphatic rings. The van der Waals surface area contributed by atoms with Gasteiger partial charge in [0, 0.05) is 19.7 Å². The highest BCUT2D eigenvalue weighted by atomic mass is 32.2. The second-order valence-electron chi connectivity index (χ2n) is 7.31. The summed E-state index contributed by atoms with van der Waals surface area (Å²) in [7, 11) is 0. The Morgan fingerprint density at radius 3 is 2.78 bits per heavy atom. The highest BCUT2D eigenvalue weighted by molar-refractivity contribution is 7.99. The van der Waals surface area contributed by atoms with E-state index < -0.39 is 0 Å². The van der Waals surface area contributed by atoms with E-state index in [0.717, 1.165) is 57.6 Å². The monoisotopic (exact) mass is 386 g/mol. The van der Waals surface area contributed by atoms with Gasteiger partial charge in [-0.15, -0.1) is 5.10 Å². The van der Waals surface area contributed by atoms with Crippen LogP contribution in [0.1, 0.15) is 43.2 Å². The maximum absolute atomic E-state index is 12.5. The number of H-pyrrole nitrogens is 1. The summed E-state index contributed by atoms with van der Waals surface area (Å²) in [4.78, 5) is 19.0. The molecule has 2 fully saturated rings. The normalized spacial score (nSPS) is 20.9. The number of benzene rings is 1. The van der Waals surface area contributed by atoms with Gasteiger partial charge in [-0.1, -0.05) is 42.1 Å². The summed E-state index contributed by atoms with van der Waals surface area (Å²) in [5.74, 6) is 2.03. The van der Waals surface area contributed by atoms with Gasteiger partial charge >= 0.3 is 0 Å². The van der Waals surface area contributed by atoms with Crippen LogP contribution in [0.15, 0.2) is 35.5 Å². The zero-order valence-corrected chi connectivity index (χ0v) is 16.3. The molecule has 1 amide bonds. The maximum atomic E-state index is 12.5. The standard InChI is InChI=1S/C20H26N4O2S/c25-18(14-27-20-21-19(22-23-20)17-7-4-12-26-17)24-10-8-16(9-11-24)13-15-5-2-1-3-6-15/h1-3,5-6,16-17H,4,7-14H2,(H,21,22,23)/t17-/m1/s1. The molecule has 1 aromatic heterocycles. The number of ether oxygens (including phenoxy) is 1. The minimum atomic E-state index is 0.0335. The Morgan fingerprint density at radius 2 is 2.04 bits per heavy atom. The van der Waals surface area contributed by atoms with Crippen molar-refractivity contribution in [1.29, 1.82) is 0 Å². The molecule has 0 radical (unpaired) electrons. The van der Waals surface area contributed by atoms with Gasteiger partial charge in [0.05, 0.1) is 5.75 Å². The summed E-state index contributed by atoms with van der Waals surface area (Å²) in [6.45, 7) is 2.49. The van der Waals surface area contributed by atoms with Gasteiger partial charge in [0.25, 0.3) is 0 Å². The predicted octanol–water partition coefficient (Wildman–Crippen LogP) is 3.23. The lowest BCUT2D eigenvalue weighted by atomic mass is 9.90. The van der Waals surface area contributed by atoms with E-state index >= 15 is 0 Å². The number of thioether (sulfide) groups is 1. The van der Waals surface area contributed by atoms with Gasteiger partial charge in [0.1, 0.15) is 6.10 Å². The molecule has 144 valence electrons. The third-order valence-electron chi connectivity index (χ3n) is 5.38. The first-order chi connectivity index (χ1) is 13.3. The fourth-order valence-corrected chi connectivity index (χ4v) is 4.52. The Kier molecular flexibility index (Phi) is 6.09. The van der Waals surface area contributed by atoms with Gasteiger partial charge < -0.3 is 9.64 Å². The predicted molar refractivity (Wildman–Crippen MR) is 104 cm³/mol. The van der Waals surface area contributed by atoms with Crippen LogP contribution in [0.25, 0.3) is 0 Å². The lowest BCUT2D eigenvalue weighted by molar-refractivity contribution is -0.129. The van der Waals surface area contributed by atoms with Crippen LogP contribution in [0.4, 0.5) is 0 Å². The zero-order valence-electron chi connectivity index (χ0n) is 15.5. The molecular formula is C20H26N4O2S. The van der Waals surface area contributed by atoms with E-state index in [1.807, 2.05) is 4.90 Å². The van der Waals surface area contributed by atoms with Crippen molar-refractivity contribution >= 4 is 17.7 Å². The number of carbonyl (C=O) groups is 1. The van der Waals surface area contributed by atoms with Crippen molar-refractivity contribution < 1.29 is 9.53 Å². The highest BCUT2D eigenvalue weighted by Crippen LogP contribution is 2.27. The van der Waals surface area contributed by atoms with Crippen LogP contribution in [0.3, 0.4) is 0 Å². The fourth-order valence-electron chi connectivity index (χ4n) is 3.81. The molecule has 0 spiro atoms. The molecule has 1 atom stereocenters. The van der Waals surface area contributed by atoms with E-state index in [9.17, 15) is 4.79 Å². The van der Waals surface area contributed by atoms with E-state index in [-0.39, 0.29) is 12.0 Å². The molecule has 7 heteroatoms. The molecule has 0 saturated carbocycles. The van der Waals surface area contributed by atoms with E-state index in [4.69, 9.17) is 4.74 Å². The molecule has 6 nitrogen and oxygen atoms in total. The first kappa shape index (κ1) is 18.5. The molecule has 1 N–H and O–H groups in total.